The van der Waals surface area contributed by atoms with Crippen LogP contribution in [-0.4, -0.2) is 0 Å². The number of hydrogen-bond donors (Lipinski definition) is 0. The second-order valence-corrected chi connectivity index (χ2v) is 7.09. The molecule has 138 valence electrons. The Morgan fingerprint density at radius 2 is 1.52 bits per heavy atom. The molecule has 0 aliphatic heterocycles. The molecule has 0 saturated heterocycles. The summed E-state index contributed by atoms with van der Waals surface area (Å²) in [5, 5.41) is 1.58. The zero-order valence-corrected chi connectivity index (χ0v) is 16.3. The third-order valence-corrected chi connectivity index (χ3v) is 5.04. The van der Waals surface area contributed by atoms with E-state index >= 15 is 0 Å². The van der Waals surface area contributed by atoms with E-state index in [0.29, 0.717) is 11.8 Å². The number of hydrogen-bond acceptors (Lipinski definition) is 0. The maximum absolute atomic E-state index is 14.4. The second kappa shape index (κ2) is 9.38. The molecular formula is C26H27F. The van der Waals surface area contributed by atoms with Gasteiger partial charge in [0.1, 0.15) is 5.82 Å². The number of unbranched alkanes of at least 4 members (excludes halogenated alkanes) is 3. The molecule has 0 aliphatic rings. The van der Waals surface area contributed by atoms with E-state index in [9.17, 15) is 4.39 Å². The molecule has 0 heterocycles. The van der Waals surface area contributed by atoms with Crippen LogP contribution in [0.25, 0.3) is 10.8 Å². The van der Waals surface area contributed by atoms with E-state index in [1.54, 1.807) is 0 Å². The van der Waals surface area contributed by atoms with Crippen LogP contribution in [0.15, 0.2) is 54.6 Å². The van der Waals surface area contributed by atoms with Crippen molar-refractivity contribution in [3.63, 3.8) is 0 Å². The van der Waals surface area contributed by atoms with Gasteiger partial charge in [-0.3, -0.25) is 0 Å². The Kier molecular flexibility index (Phi) is 6.66. The summed E-state index contributed by atoms with van der Waals surface area (Å²) in [6.45, 7) is 4.21. The van der Waals surface area contributed by atoms with Gasteiger partial charge in [-0.25, -0.2) is 4.39 Å². The van der Waals surface area contributed by atoms with Crippen molar-refractivity contribution >= 4 is 10.8 Å². The summed E-state index contributed by atoms with van der Waals surface area (Å²) in [4.78, 5) is 0. The highest BCUT2D eigenvalue weighted by molar-refractivity contribution is 5.85. The van der Waals surface area contributed by atoms with Crippen LogP contribution in [0.1, 0.15) is 61.8 Å². The number of aryl methyl sites for hydroxylation is 2. The molecule has 0 radical (unpaired) electrons. The lowest BCUT2D eigenvalue weighted by Gasteiger charge is -2.05. The molecule has 1 heteroatoms. The van der Waals surface area contributed by atoms with Crippen molar-refractivity contribution in [2.45, 2.75) is 52.4 Å². The van der Waals surface area contributed by atoms with Crippen molar-refractivity contribution in [1.29, 1.82) is 0 Å². The standard InChI is InChI=1S/C26H27F/c1-3-5-6-7-8-20-9-11-21(12-10-20)13-14-22-15-18-25-24(19-22)17-16-23(4-2)26(25)27/h9-12,15-19H,3-8H2,1-2H3. The highest BCUT2D eigenvalue weighted by atomic mass is 19.1. The zero-order chi connectivity index (χ0) is 19.1. The summed E-state index contributed by atoms with van der Waals surface area (Å²) in [7, 11) is 0. The lowest BCUT2D eigenvalue weighted by molar-refractivity contribution is 0.624. The average molecular weight is 359 g/mol. The summed E-state index contributed by atoms with van der Waals surface area (Å²) in [5.41, 5.74) is 4.07. The highest BCUT2D eigenvalue weighted by Crippen LogP contribution is 2.22. The van der Waals surface area contributed by atoms with Gasteiger partial charge >= 0.3 is 0 Å². The van der Waals surface area contributed by atoms with Crippen LogP contribution in [0.2, 0.25) is 0 Å². The van der Waals surface area contributed by atoms with E-state index < -0.39 is 0 Å². The number of rotatable bonds is 6. The van der Waals surface area contributed by atoms with Gasteiger partial charge in [0.2, 0.25) is 0 Å². The van der Waals surface area contributed by atoms with Gasteiger partial charge in [0, 0.05) is 16.5 Å². The van der Waals surface area contributed by atoms with E-state index in [4.69, 9.17) is 0 Å². The first-order valence-corrected chi connectivity index (χ1v) is 10.0. The van der Waals surface area contributed by atoms with Crippen molar-refractivity contribution in [3.8, 4) is 11.8 Å². The number of fused-ring (bicyclic) bond motifs is 1. The number of benzene rings is 3. The molecule has 0 amide bonds. The Balaban J connectivity index is 1.71. The lowest BCUT2D eigenvalue weighted by Crippen LogP contribution is -1.90. The van der Waals surface area contributed by atoms with Crippen LogP contribution in [0.3, 0.4) is 0 Å². The maximum atomic E-state index is 14.4. The van der Waals surface area contributed by atoms with Crippen LogP contribution >= 0.6 is 0 Å². The quantitative estimate of drug-likeness (QED) is 0.327. The van der Waals surface area contributed by atoms with Crippen molar-refractivity contribution in [2.24, 2.45) is 0 Å². The molecule has 0 aromatic heterocycles. The Bertz CT molecular complexity index is 955. The normalized spacial score (nSPS) is 10.6. The topological polar surface area (TPSA) is 0 Å². The van der Waals surface area contributed by atoms with Crippen LogP contribution in [-0.2, 0) is 12.8 Å². The summed E-state index contributed by atoms with van der Waals surface area (Å²) < 4.78 is 14.4. The van der Waals surface area contributed by atoms with Gasteiger partial charge in [-0.05, 0) is 60.0 Å². The van der Waals surface area contributed by atoms with Gasteiger partial charge < -0.3 is 0 Å². The summed E-state index contributed by atoms with van der Waals surface area (Å²) in [6, 6.07) is 18.1. The molecule has 0 spiro atoms. The lowest BCUT2D eigenvalue weighted by atomic mass is 10.0. The Morgan fingerprint density at radius 1 is 0.778 bits per heavy atom. The monoisotopic (exact) mass is 358 g/mol. The first kappa shape index (κ1) is 19.2. The van der Waals surface area contributed by atoms with E-state index in [1.807, 2.05) is 37.3 Å². The second-order valence-electron chi connectivity index (χ2n) is 7.09. The first-order valence-electron chi connectivity index (χ1n) is 10.0. The fourth-order valence-electron chi connectivity index (χ4n) is 3.34. The maximum Gasteiger partial charge on any atom is 0.134 e. The molecular weight excluding hydrogens is 331 g/mol. The largest absolute Gasteiger partial charge is 0.206 e. The number of halogens is 1. The van der Waals surface area contributed by atoms with Crippen LogP contribution < -0.4 is 0 Å². The minimum Gasteiger partial charge on any atom is -0.206 e. The molecule has 3 rings (SSSR count). The first-order chi connectivity index (χ1) is 13.2. The van der Waals surface area contributed by atoms with Crippen LogP contribution in [0.4, 0.5) is 4.39 Å². The minimum absolute atomic E-state index is 0.107. The molecule has 0 bridgehead atoms. The third kappa shape index (κ3) is 4.98. The van der Waals surface area contributed by atoms with Gasteiger partial charge in [-0.1, -0.05) is 75.3 Å². The molecule has 0 aliphatic carbocycles. The molecule has 0 N–H and O–H groups in total. The Labute approximate surface area is 162 Å². The molecule has 0 nitrogen and oxygen atoms in total. The van der Waals surface area contributed by atoms with E-state index in [1.165, 1.54) is 31.2 Å². The third-order valence-electron chi connectivity index (χ3n) is 5.04. The molecule has 0 fully saturated rings. The SMILES string of the molecule is CCCCCCc1ccc(C#Cc2ccc3c(F)c(CC)ccc3c2)cc1. The molecule has 27 heavy (non-hydrogen) atoms. The van der Waals surface area contributed by atoms with Gasteiger partial charge in [0.15, 0.2) is 0 Å². The molecule has 0 saturated carbocycles. The summed E-state index contributed by atoms with van der Waals surface area (Å²) in [6.07, 6.45) is 7.00. The van der Waals surface area contributed by atoms with Crippen molar-refractivity contribution < 1.29 is 4.39 Å². The molecule has 3 aromatic carbocycles. The fourth-order valence-corrected chi connectivity index (χ4v) is 3.34. The predicted molar refractivity (Wildman–Crippen MR) is 114 cm³/mol. The van der Waals surface area contributed by atoms with Crippen molar-refractivity contribution in [2.75, 3.05) is 0 Å². The predicted octanol–water partition coefficient (Wildman–Crippen LogP) is 7.06. The summed E-state index contributed by atoms with van der Waals surface area (Å²) in [5.74, 6) is 6.32. The Morgan fingerprint density at radius 3 is 2.26 bits per heavy atom. The molecule has 0 unspecified atom stereocenters. The highest BCUT2D eigenvalue weighted by Gasteiger charge is 2.05. The van der Waals surface area contributed by atoms with Crippen LogP contribution in [0, 0.1) is 17.7 Å². The Hall–Kier alpha value is -2.59. The van der Waals surface area contributed by atoms with Crippen molar-refractivity contribution in [3.05, 3.63) is 82.7 Å². The van der Waals surface area contributed by atoms with Gasteiger partial charge in [-0.2, -0.15) is 0 Å². The van der Waals surface area contributed by atoms with E-state index in [0.717, 1.165) is 28.5 Å². The average Bonchev–Trinajstić information content (AvgIpc) is 2.71. The van der Waals surface area contributed by atoms with Crippen LogP contribution in [0.5, 0.6) is 0 Å². The van der Waals surface area contributed by atoms with Gasteiger partial charge in [0.25, 0.3) is 0 Å². The minimum atomic E-state index is -0.107. The van der Waals surface area contributed by atoms with Gasteiger partial charge in [-0.15, -0.1) is 0 Å². The smallest absolute Gasteiger partial charge is 0.134 e. The zero-order valence-electron chi connectivity index (χ0n) is 16.3. The van der Waals surface area contributed by atoms with E-state index in [-0.39, 0.29) is 5.82 Å². The van der Waals surface area contributed by atoms with E-state index in [2.05, 4.69) is 43.0 Å². The summed E-state index contributed by atoms with van der Waals surface area (Å²) >= 11 is 0. The molecule has 0 atom stereocenters. The fraction of sp³-hybridized carbons (Fsp3) is 0.308. The molecule has 3 aromatic rings. The van der Waals surface area contributed by atoms with Gasteiger partial charge in [0.05, 0.1) is 0 Å². The van der Waals surface area contributed by atoms with Crippen molar-refractivity contribution in [1.82, 2.24) is 0 Å².